The standard InChI is InChI=1S/C14H18F3NO3/c1-7(2)12(19)14(16,17)10-6-4-5-9(11(10)15)8(3)18-13(20)21/h4-8,12,18-19H,1-3H3,(H,20,21). The Balaban J connectivity index is 3.25. The molecule has 0 aliphatic heterocycles. The number of nitrogens with one attached hydrogen (secondary N) is 1. The highest BCUT2D eigenvalue weighted by atomic mass is 19.3. The van der Waals surface area contributed by atoms with Crippen LogP contribution in [0.25, 0.3) is 0 Å². The van der Waals surface area contributed by atoms with Crippen molar-refractivity contribution in [3.8, 4) is 0 Å². The van der Waals surface area contributed by atoms with Crippen molar-refractivity contribution in [1.82, 2.24) is 5.32 Å². The van der Waals surface area contributed by atoms with Gasteiger partial charge >= 0.3 is 12.0 Å². The van der Waals surface area contributed by atoms with E-state index in [2.05, 4.69) is 0 Å². The molecule has 2 atom stereocenters. The monoisotopic (exact) mass is 305 g/mol. The first-order valence-electron chi connectivity index (χ1n) is 6.43. The van der Waals surface area contributed by atoms with Crippen molar-refractivity contribution < 1.29 is 28.2 Å². The van der Waals surface area contributed by atoms with Crippen molar-refractivity contribution in [2.45, 2.75) is 38.8 Å². The van der Waals surface area contributed by atoms with E-state index in [1.165, 1.54) is 32.9 Å². The SMILES string of the molecule is CC(NC(=O)O)c1cccc(C(F)(F)C(O)C(C)C)c1F. The van der Waals surface area contributed by atoms with E-state index in [1.54, 1.807) is 0 Å². The third-order valence-corrected chi connectivity index (χ3v) is 3.20. The smallest absolute Gasteiger partial charge is 0.405 e. The number of hydrogen-bond acceptors (Lipinski definition) is 2. The summed E-state index contributed by atoms with van der Waals surface area (Å²) in [5.41, 5.74) is -1.15. The number of halogens is 3. The van der Waals surface area contributed by atoms with Crippen LogP contribution in [0.5, 0.6) is 0 Å². The predicted octanol–water partition coefficient (Wildman–Crippen LogP) is 3.26. The molecule has 2 unspecified atom stereocenters. The van der Waals surface area contributed by atoms with Crippen LogP contribution in [0.15, 0.2) is 18.2 Å². The van der Waals surface area contributed by atoms with Crippen LogP contribution in [-0.4, -0.2) is 22.4 Å². The number of rotatable bonds is 5. The van der Waals surface area contributed by atoms with Gasteiger partial charge in [0, 0.05) is 5.56 Å². The number of hydrogen-bond donors (Lipinski definition) is 3. The van der Waals surface area contributed by atoms with Gasteiger partial charge in [-0.05, 0) is 18.9 Å². The lowest BCUT2D eigenvalue weighted by atomic mass is 9.92. The van der Waals surface area contributed by atoms with E-state index in [0.29, 0.717) is 0 Å². The zero-order valence-corrected chi connectivity index (χ0v) is 11.9. The summed E-state index contributed by atoms with van der Waals surface area (Å²) in [6.45, 7) is 4.14. The van der Waals surface area contributed by atoms with Crippen LogP contribution in [0.3, 0.4) is 0 Å². The maximum absolute atomic E-state index is 14.3. The fourth-order valence-electron chi connectivity index (χ4n) is 1.98. The number of carbonyl (C=O) groups is 1. The topological polar surface area (TPSA) is 69.6 Å². The second kappa shape index (κ2) is 6.34. The zero-order chi connectivity index (χ0) is 16.4. The highest BCUT2D eigenvalue weighted by Gasteiger charge is 2.44. The van der Waals surface area contributed by atoms with Crippen molar-refractivity contribution in [3.05, 3.63) is 35.1 Å². The van der Waals surface area contributed by atoms with Gasteiger partial charge in [-0.3, -0.25) is 0 Å². The van der Waals surface area contributed by atoms with Crippen LogP contribution in [0, 0.1) is 11.7 Å². The van der Waals surface area contributed by atoms with Gasteiger partial charge in [0.25, 0.3) is 0 Å². The van der Waals surface area contributed by atoms with Crippen LogP contribution in [0.1, 0.15) is 37.9 Å². The first kappa shape index (κ1) is 17.3. The second-order valence-corrected chi connectivity index (χ2v) is 5.19. The Kier molecular flexibility index (Phi) is 5.22. The van der Waals surface area contributed by atoms with E-state index in [0.717, 1.165) is 6.07 Å². The quantitative estimate of drug-likeness (QED) is 0.782. The van der Waals surface area contributed by atoms with Gasteiger partial charge in [0.15, 0.2) is 0 Å². The van der Waals surface area contributed by atoms with E-state index in [4.69, 9.17) is 5.11 Å². The van der Waals surface area contributed by atoms with Gasteiger partial charge in [0.1, 0.15) is 11.9 Å². The number of benzene rings is 1. The summed E-state index contributed by atoms with van der Waals surface area (Å²) in [5.74, 6) is -5.75. The molecule has 3 N–H and O–H groups in total. The summed E-state index contributed by atoms with van der Waals surface area (Å²) in [7, 11) is 0. The highest BCUT2D eigenvalue weighted by molar-refractivity contribution is 5.65. The summed E-state index contributed by atoms with van der Waals surface area (Å²) in [6.07, 6.45) is -3.42. The molecule has 0 heterocycles. The molecule has 0 saturated heterocycles. The van der Waals surface area contributed by atoms with Crippen LogP contribution in [0.2, 0.25) is 0 Å². The largest absolute Gasteiger partial charge is 0.465 e. The van der Waals surface area contributed by atoms with E-state index in [1.807, 2.05) is 5.32 Å². The fraction of sp³-hybridized carbons (Fsp3) is 0.500. The lowest BCUT2D eigenvalue weighted by Gasteiger charge is -2.27. The minimum atomic E-state index is -3.77. The Morgan fingerprint density at radius 3 is 2.33 bits per heavy atom. The van der Waals surface area contributed by atoms with E-state index in [9.17, 15) is 23.1 Å². The summed E-state index contributed by atoms with van der Waals surface area (Å²) < 4.78 is 42.5. The van der Waals surface area contributed by atoms with Crippen LogP contribution in [-0.2, 0) is 5.92 Å². The van der Waals surface area contributed by atoms with Gasteiger partial charge in [-0.1, -0.05) is 26.0 Å². The number of amides is 1. The Morgan fingerprint density at radius 1 is 1.29 bits per heavy atom. The number of aliphatic hydroxyl groups excluding tert-OH is 1. The Labute approximate surface area is 120 Å². The maximum Gasteiger partial charge on any atom is 0.405 e. The predicted molar refractivity (Wildman–Crippen MR) is 70.7 cm³/mol. The molecule has 0 aliphatic rings. The fourth-order valence-corrected chi connectivity index (χ4v) is 1.98. The zero-order valence-electron chi connectivity index (χ0n) is 11.9. The highest BCUT2D eigenvalue weighted by Crippen LogP contribution is 2.38. The van der Waals surface area contributed by atoms with Crippen LogP contribution in [0.4, 0.5) is 18.0 Å². The molecule has 0 aromatic heterocycles. The van der Waals surface area contributed by atoms with Crippen LogP contribution >= 0.6 is 0 Å². The first-order chi connectivity index (χ1) is 9.59. The Morgan fingerprint density at radius 2 is 1.86 bits per heavy atom. The minimum absolute atomic E-state index is 0.203. The van der Waals surface area contributed by atoms with Gasteiger partial charge < -0.3 is 15.5 Å². The molecule has 118 valence electrons. The molecule has 0 spiro atoms. The number of carboxylic acid groups (broad SMARTS) is 1. The van der Waals surface area contributed by atoms with Gasteiger partial charge in [-0.15, -0.1) is 0 Å². The number of aliphatic hydroxyl groups is 1. The molecule has 21 heavy (non-hydrogen) atoms. The third kappa shape index (κ3) is 3.66. The van der Waals surface area contributed by atoms with Gasteiger partial charge in [-0.25, -0.2) is 9.18 Å². The molecule has 0 fully saturated rings. The van der Waals surface area contributed by atoms with E-state index in [-0.39, 0.29) is 5.56 Å². The molecule has 0 radical (unpaired) electrons. The summed E-state index contributed by atoms with van der Waals surface area (Å²) in [4.78, 5) is 10.6. The summed E-state index contributed by atoms with van der Waals surface area (Å²) in [6, 6.07) is 2.32. The summed E-state index contributed by atoms with van der Waals surface area (Å²) >= 11 is 0. The van der Waals surface area contributed by atoms with Gasteiger partial charge in [-0.2, -0.15) is 8.78 Å². The molecule has 0 aliphatic carbocycles. The molecule has 1 amide bonds. The van der Waals surface area contributed by atoms with Crippen molar-refractivity contribution in [2.24, 2.45) is 5.92 Å². The van der Waals surface area contributed by atoms with Crippen molar-refractivity contribution in [2.75, 3.05) is 0 Å². The third-order valence-electron chi connectivity index (χ3n) is 3.20. The Hall–Kier alpha value is -1.76. The average Bonchev–Trinajstić information content (AvgIpc) is 2.36. The molecule has 1 aromatic rings. The first-order valence-corrected chi connectivity index (χ1v) is 6.43. The van der Waals surface area contributed by atoms with E-state index < -0.39 is 41.5 Å². The van der Waals surface area contributed by atoms with Crippen molar-refractivity contribution in [3.63, 3.8) is 0 Å². The molecule has 0 saturated carbocycles. The lowest BCUT2D eigenvalue weighted by Crippen LogP contribution is -2.36. The molecule has 4 nitrogen and oxygen atoms in total. The van der Waals surface area contributed by atoms with Crippen LogP contribution < -0.4 is 5.32 Å². The normalized spacial score (nSPS) is 14.9. The molecule has 7 heteroatoms. The summed E-state index contributed by atoms with van der Waals surface area (Å²) in [5, 5.41) is 20.2. The van der Waals surface area contributed by atoms with Gasteiger partial charge in [0.05, 0.1) is 11.6 Å². The molecule has 1 rings (SSSR count). The molecular weight excluding hydrogens is 287 g/mol. The number of alkyl halides is 2. The Bertz CT molecular complexity index is 520. The molecule has 0 bridgehead atoms. The molecular formula is C14H18F3NO3. The minimum Gasteiger partial charge on any atom is -0.465 e. The van der Waals surface area contributed by atoms with Gasteiger partial charge in [0.2, 0.25) is 0 Å². The van der Waals surface area contributed by atoms with Crippen molar-refractivity contribution in [1.29, 1.82) is 0 Å². The lowest BCUT2D eigenvalue weighted by molar-refractivity contribution is -0.134. The van der Waals surface area contributed by atoms with Crippen molar-refractivity contribution >= 4 is 6.09 Å². The second-order valence-electron chi connectivity index (χ2n) is 5.19. The maximum atomic E-state index is 14.3. The molecule has 1 aromatic carbocycles. The van der Waals surface area contributed by atoms with E-state index >= 15 is 0 Å². The average molecular weight is 305 g/mol.